The quantitative estimate of drug-likeness (QED) is 0.608. The Balaban J connectivity index is 1.55. The third kappa shape index (κ3) is 4.02. The van der Waals surface area contributed by atoms with Crippen molar-refractivity contribution in [3.63, 3.8) is 0 Å². The van der Waals surface area contributed by atoms with Gasteiger partial charge in [0.2, 0.25) is 5.91 Å². The van der Waals surface area contributed by atoms with E-state index in [9.17, 15) is 19.5 Å². The molecule has 1 heterocycles. The van der Waals surface area contributed by atoms with Crippen LogP contribution in [0.5, 0.6) is 11.5 Å². The molecule has 7 heteroatoms. The van der Waals surface area contributed by atoms with E-state index in [-0.39, 0.29) is 11.5 Å². The van der Waals surface area contributed by atoms with Crippen molar-refractivity contribution in [1.29, 1.82) is 0 Å². The number of amides is 3. The van der Waals surface area contributed by atoms with Gasteiger partial charge in [-0.3, -0.25) is 14.4 Å². The second-order valence-electron chi connectivity index (χ2n) is 6.84. The molecule has 0 radical (unpaired) electrons. The van der Waals surface area contributed by atoms with E-state index in [4.69, 9.17) is 4.74 Å². The van der Waals surface area contributed by atoms with Crippen molar-refractivity contribution in [2.45, 2.75) is 6.92 Å². The minimum absolute atomic E-state index is 0.0935. The van der Waals surface area contributed by atoms with E-state index < -0.39 is 17.6 Å². The van der Waals surface area contributed by atoms with Gasteiger partial charge in [-0.15, -0.1) is 0 Å². The normalized spacial score (nSPS) is 13.5. The van der Waals surface area contributed by atoms with E-state index in [0.717, 1.165) is 4.90 Å². The number of para-hydroxylation sites is 1. The number of rotatable bonds is 5. The van der Waals surface area contributed by atoms with Crippen LogP contribution in [0.1, 0.15) is 12.5 Å². The molecular weight excluding hydrogens is 396 g/mol. The predicted molar refractivity (Wildman–Crippen MR) is 116 cm³/mol. The number of nitrogens with one attached hydrogen (secondary N) is 1. The predicted octanol–water partition coefficient (Wildman–Crippen LogP) is 4.28. The molecule has 154 valence electrons. The van der Waals surface area contributed by atoms with E-state index in [1.54, 1.807) is 48.5 Å². The maximum absolute atomic E-state index is 13.0. The Morgan fingerprint density at radius 3 is 2.06 bits per heavy atom. The molecule has 0 bridgehead atoms. The van der Waals surface area contributed by atoms with Gasteiger partial charge in [0.05, 0.1) is 11.3 Å². The first-order valence-corrected chi connectivity index (χ1v) is 9.47. The monoisotopic (exact) mass is 414 g/mol. The van der Waals surface area contributed by atoms with Gasteiger partial charge < -0.3 is 15.2 Å². The summed E-state index contributed by atoms with van der Waals surface area (Å²) in [5.74, 6) is -1.09. The molecule has 3 aromatic carbocycles. The molecule has 2 N–H and O–H groups in total. The van der Waals surface area contributed by atoms with Crippen LogP contribution in [-0.4, -0.2) is 22.8 Å². The van der Waals surface area contributed by atoms with Crippen LogP contribution in [0, 0.1) is 0 Å². The molecule has 1 aliphatic heterocycles. The smallest absolute Gasteiger partial charge is 0.301 e. The van der Waals surface area contributed by atoms with Gasteiger partial charge in [-0.2, -0.15) is 0 Å². The fraction of sp³-hybridized carbons (Fsp3) is 0.0417. The second kappa shape index (κ2) is 8.16. The van der Waals surface area contributed by atoms with Crippen LogP contribution in [0.15, 0.2) is 84.6 Å². The summed E-state index contributed by atoms with van der Waals surface area (Å²) in [7, 11) is 0. The van der Waals surface area contributed by atoms with Gasteiger partial charge in [0, 0.05) is 12.6 Å². The van der Waals surface area contributed by atoms with Crippen LogP contribution >= 0.6 is 0 Å². The lowest BCUT2D eigenvalue weighted by molar-refractivity contribution is -0.121. The van der Waals surface area contributed by atoms with Crippen molar-refractivity contribution in [2.24, 2.45) is 0 Å². The summed E-state index contributed by atoms with van der Waals surface area (Å²) in [6.07, 6.45) is 0. The van der Waals surface area contributed by atoms with Gasteiger partial charge in [-0.1, -0.05) is 30.3 Å². The Labute approximate surface area is 178 Å². The van der Waals surface area contributed by atoms with Crippen LogP contribution in [0.4, 0.5) is 11.4 Å². The summed E-state index contributed by atoms with van der Waals surface area (Å²) in [4.78, 5) is 37.6. The number of nitrogens with zero attached hydrogens (tertiary/aromatic N) is 1. The summed E-state index contributed by atoms with van der Waals surface area (Å²) in [5.41, 5.74) is 1.13. The average Bonchev–Trinajstić information content (AvgIpc) is 2.98. The fourth-order valence-corrected chi connectivity index (χ4v) is 3.22. The molecule has 0 aliphatic carbocycles. The van der Waals surface area contributed by atoms with E-state index in [0.29, 0.717) is 28.4 Å². The van der Waals surface area contributed by atoms with Gasteiger partial charge >= 0.3 is 5.91 Å². The number of anilines is 2. The molecule has 0 atom stereocenters. The number of ether oxygens (including phenoxy) is 1. The largest absolute Gasteiger partial charge is 0.502 e. The highest BCUT2D eigenvalue weighted by Gasteiger charge is 2.40. The number of carbonyl (C=O) groups excluding carboxylic acids is 3. The molecule has 31 heavy (non-hydrogen) atoms. The number of aliphatic hydroxyl groups is 1. The fourth-order valence-electron chi connectivity index (χ4n) is 3.22. The third-order valence-electron chi connectivity index (χ3n) is 4.63. The zero-order chi connectivity index (χ0) is 22.0. The van der Waals surface area contributed by atoms with Crippen molar-refractivity contribution < 1.29 is 24.2 Å². The van der Waals surface area contributed by atoms with Gasteiger partial charge in [0.15, 0.2) is 5.76 Å². The summed E-state index contributed by atoms with van der Waals surface area (Å²) >= 11 is 0. The maximum Gasteiger partial charge on any atom is 0.301 e. The topological polar surface area (TPSA) is 95.9 Å². The molecule has 3 amide bonds. The van der Waals surface area contributed by atoms with Gasteiger partial charge in [-0.05, 0) is 54.1 Å². The first-order valence-electron chi connectivity index (χ1n) is 9.47. The van der Waals surface area contributed by atoms with E-state index in [1.165, 1.54) is 6.92 Å². The minimum atomic E-state index is -0.803. The molecule has 0 unspecified atom stereocenters. The Kier molecular flexibility index (Phi) is 5.24. The van der Waals surface area contributed by atoms with E-state index in [1.807, 2.05) is 30.3 Å². The molecule has 0 aromatic heterocycles. The Morgan fingerprint density at radius 1 is 0.839 bits per heavy atom. The molecule has 0 saturated heterocycles. The third-order valence-corrected chi connectivity index (χ3v) is 4.63. The molecule has 4 rings (SSSR count). The lowest BCUT2D eigenvalue weighted by Crippen LogP contribution is -2.31. The van der Waals surface area contributed by atoms with Crippen molar-refractivity contribution in [3.05, 3.63) is 90.2 Å². The molecule has 0 spiro atoms. The lowest BCUT2D eigenvalue weighted by atomic mass is 10.1. The van der Waals surface area contributed by atoms with Crippen LogP contribution in [-0.2, 0) is 14.4 Å². The maximum atomic E-state index is 13.0. The first-order chi connectivity index (χ1) is 14.9. The summed E-state index contributed by atoms with van der Waals surface area (Å²) in [5, 5.41) is 13.0. The number of hydrogen-bond donors (Lipinski definition) is 2. The zero-order valence-corrected chi connectivity index (χ0v) is 16.5. The number of hydrogen-bond acceptors (Lipinski definition) is 5. The van der Waals surface area contributed by atoms with Crippen molar-refractivity contribution in [1.82, 2.24) is 0 Å². The molecular formula is C24H18N2O5. The molecule has 1 aliphatic rings. The van der Waals surface area contributed by atoms with Crippen molar-refractivity contribution in [2.75, 3.05) is 10.2 Å². The minimum Gasteiger partial charge on any atom is -0.502 e. The summed E-state index contributed by atoms with van der Waals surface area (Å²) in [6, 6.07) is 21.9. The van der Waals surface area contributed by atoms with Gasteiger partial charge in [0.25, 0.3) is 5.91 Å². The number of aliphatic hydroxyl groups excluding tert-OH is 1. The van der Waals surface area contributed by atoms with Crippen molar-refractivity contribution >= 4 is 34.7 Å². The lowest BCUT2D eigenvalue weighted by Gasteiger charge is -2.15. The Hall–Kier alpha value is -4.39. The highest BCUT2D eigenvalue weighted by atomic mass is 16.5. The highest BCUT2D eigenvalue weighted by Crippen LogP contribution is 2.33. The second-order valence-corrected chi connectivity index (χ2v) is 6.84. The van der Waals surface area contributed by atoms with E-state index in [2.05, 4.69) is 5.32 Å². The van der Waals surface area contributed by atoms with Crippen LogP contribution in [0.3, 0.4) is 0 Å². The SMILES string of the molecule is CC(=O)Nc1ccc(C2=C(O)C(=O)N(c3ccc(Oc4ccccc4)cc3)C2=O)cc1. The van der Waals surface area contributed by atoms with Crippen LogP contribution in [0.25, 0.3) is 5.57 Å². The molecule has 3 aromatic rings. The zero-order valence-electron chi connectivity index (χ0n) is 16.5. The summed E-state index contributed by atoms with van der Waals surface area (Å²) < 4.78 is 5.72. The molecule has 0 fully saturated rings. The Bertz CT molecular complexity index is 1180. The number of carbonyl (C=O) groups is 3. The first kappa shape index (κ1) is 19.9. The van der Waals surface area contributed by atoms with Crippen LogP contribution in [0.2, 0.25) is 0 Å². The Morgan fingerprint density at radius 2 is 1.45 bits per heavy atom. The highest BCUT2D eigenvalue weighted by molar-refractivity contribution is 6.44. The standard InChI is InChI=1S/C24H18N2O5/c1-15(27)25-17-9-7-16(8-10-17)21-22(28)24(30)26(23(21)29)18-11-13-20(14-12-18)31-19-5-3-2-4-6-19/h2-14,28H,1H3,(H,25,27). The van der Waals surface area contributed by atoms with Gasteiger partial charge in [-0.25, -0.2) is 4.90 Å². The van der Waals surface area contributed by atoms with Crippen LogP contribution < -0.4 is 15.0 Å². The summed E-state index contributed by atoms with van der Waals surface area (Å²) in [6.45, 7) is 1.38. The number of benzene rings is 3. The average molecular weight is 414 g/mol. The number of imide groups is 1. The van der Waals surface area contributed by atoms with Crippen molar-refractivity contribution in [3.8, 4) is 11.5 Å². The molecule has 7 nitrogen and oxygen atoms in total. The molecule has 0 saturated carbocycles. The van der Waals surface area contributed by atoms with Gasteiger partial charge in [0.1, 0.15) is 11.5 Å². The van der Waals surface area contributed by atoms with E-state index >= 15 is 0 Å².